The molecule has 0 fully saturated rings. The zero-order valence-corrected chi connectivity index (χ0v) is 8.17. The van der Waals surface area contributed by atoms with Crippen molar-refractivity contribution in [3.05, 3.63) is 36.0 Å². The van der Waals surface area contributed by atoms with Gasteiger partial charge in [-0.3, -0.25) is 0 Å². The topological polar surface area (TPSA) is 77.2 Å². The third kappa shape index (κ3) is 2.19. The molecule has 0 spiro atoms. The Hall–Kier alpha value is -2.51. The zero-order chi connectivity index (χ0) is 12.4. The molecule has 2 aromatic rings. The first-order valence-corrected chi connectivity index (χ1v) is 4.35. The molecule has 1 aromatic heterocycles. The van der Waals surface area contributed by atoms with Gasteiger partial charge in [-0.2, -0.15) is 5.10 Å². The van der Waals surface area contributed by atoms with Crippen molar-refractivity contribution in [1.82, 2.24) is 15.0 Å². The highest BCUT2D eigenvalue weighted by Gasteiger charge is 2.14. The van der Waals surface area contributed by atoms with E-state index in [-0.39, 0.29) is 5.88 Å². The smallest absolute Gasteiger partial charge is 0.449 e. The summed E-state index contributed by atoms with van der Waals surface area (Å²) in [6.07, 6.45) is -0.661. The number of nitrogens with zero attached hydrogens (tertiary/aromatic N) is 3. The molecule has 0 aliphatic heterocycles. The number of rotatable bonds is 2. The minimum atomic E-state index is -1.59. The fraction of sp³-hybridized carbons (Fsp3) is 0. The fourth-order valence-electron chi connectivity index (χ4n) is 1.17. The van der Waals surface area contributed by atoms with E-state index in [0.29, 0.717) is 4.80 Å². The molecule has 17 heavy (non-hydrogen) atoms. The van der Waals surface area contributed by atoms with E-state index in [9.17, 15) is 13.6 Å². The van der Waals surface area contributed by atoms with Gasteiger partial charge in [-0.1, -0.05) is 6.07 Å². The van der Waals surface area contributed by atoms with Gasteiger partial charge in [0, 0.05) is 0 Å². The molecule has 0 radical (unpaired) electrons. The third-order valence-electron chi connectivity index (χ3n) is 1.80. The van der Waals surface area contributed by atoms with Gasteiger partial charge in [0.1, 0.15) is 6.20 Å². The first-order chi connectivity index (χ1) is 8.08. The maximum Gasteiger partial charge on any atom is 0.512 e. The lowest BCUT2D eigenvalue weighted by Gasteiger charge is -2.01. The molecule has 1 heterocycles. The average Bonchev–Trinajstić information content (AvgIpc) is 2.65. The lowest BCUT2D eigenvalue weighted by Crippen LogP contribution is -2.07. The predicted octanol–water partition coefficient (Wildman–Crippen LogP) is 1.60. The Kier molecular flexibility index (Phi) is 2.69. The summed E-state index contributed by atoms with van der Waals surface area (Å²) in [6, 6.07) is 3.24. The van der Waals surface area contributed by atoms with E-state index in [1.807, 2.05) is 0 Å². The number of carbonyl (C=O) groups is 1. The Morgan fingerprint density at radius 3 is 2.59 bits per heavy atom. The molecule has 0 unspecified atom stereocenters. The molecule has 0 saturated heterocycles. The van der Waals surface area contributed by atoms with Gasteiger partial charge in [-0.15, -0.1) is 9.90 Å². The Morgan fingerprint density at radius 2 is 2.00 bits per heavy atom. The first kappa shape index (κ1) is 11.0. The van der Waals surface area contributed by atoms with Crippen LogP contribution in [0.15, 0.2) is 24.4 Å². The number of hydrogen-bond acceptors (Lipinski definition) is 4. The van der Waals surface area contributed by atoms with Crippen LogP contribution in [0.25, 0.3) is 5.69 Å². The molecule has 2 rings (SSSR count). The zero-order valence-electron chi connectivity index (χ0n) is 8.17. The van der Waals surface area contributed by atoms with Crippen molar-refractivity contribution >= 4 is 6.16 Å². The van der Waals surface area contributed by atoms with E-state index in [4.69, 9.17) is 5.11 Å². The summed E-state index contributed by atoms with van der Waals surface area (Å²) in [4.78, 5) is 10.8. The molecule has 1 N–H and O–H groups in total. The van der Waals surface area contributed by atoms with Gasteiger partial charge in [-0.05, 0) is 12.1 Å². The molecule has 0 aliphatic carbocycles. The maximum atomic E-state index is 13.3. The lowest BCUT2D eigenvalue weighted by atomic mass is 10.3. The number of hydrogen-bond donors (Lipinski definition) is 1. The van der Waals surface area contributed by atoms with Gasteiger partial charge in [0.25, 0.3) is 5.88 Å². The minimum absolute atomic E-state index is 0.375. The van der Waals surface area contributed by atoms with Gasteiger partial charge in [0.2, 0.25) is 0 Å². The van der Waals surface area contributed by atoms with Crippen molar-refractivity contribution in [3.8, 4) is 11.6 Å². The number of ether oxygens (including phenoxy) is 1. The number of benzene rings is 1. The molecular weight excluding hydrogens is 236 g/mol. The summed E-state index contributed by atoms with van der Waals surface area (Å²) in [5, 5.41) is 15.3. The van der Waals surface area contributed by atoms with Crippen molar-refractivity contribution in [3.63, 3.8) is 0 Å². The second-order valence-electron chi connectivity index (χ2n) is 2.91. The van der Waals surface area contributed by atoms with E-state index in [1.54, 1.807) is 0 Å². The monoisotopic (exact) mass is 241 g/mol. The average molecular weight is 241 g/mol. The number of aromatic nitrogens is 3. The predicted molar refractivity (Wildman–Crippen MR) is 49.9 cm³/mol. The Balaban J connectivity index is 2.40. The Bertz CT molecular complexity index is 550. The highest BCUT2D eigenvalue weighted by Crippen LogP contribution is 2.16. The standard InChI is InChI=1S/C9H5F2N3O3/c10-5-2-1-3-6(11)8(5)14-12-4-7(13-14)17-9(15)16/h1-4H,(H,15,16). The molecule has 8 heteroatoms. The quantitative estimate of drug-likeness (QED) is 0.808. The summed E-state index contributed by atoms with van der Waals surface area (Å²) in [7, 11) is 0. The largest absolute Gasteiger partial charge is 0.512 e. The van der Waals surface area contributed by atoms with Gasteiger partial charge in [0.15, 0.2) is 17.3 Å². The van der Waals surface area contributed by atoms with Gasteiger partial charge >= 0.3 is 6.16 Å². The molecule has 0 bridgehead atoms. The molecule has 0 saturated carbocycles. The van der Waals surface area contributed by atoms with Crippen LogP contribution in [0.2, 0.25) is 0 Å². The molecule has 88 valence electrons. The van der Waals surface area contributed by atoms with E-state index in [0.717, 1.165) is 18.3 Å². The number of para-hydroxylation sites is 1. The maximum absolute atomic E-state index is 13.3. The van der Waals surface area contributed by atoms with Crippen molar-refractivity contribution in [2.24, 2.45) is 0 Å². The van der Waals surface area contributed by atoms with Crippen LogP contribution in [-0.2, 0) is 0 Å². The summed E-state index contributed by atoms with van der Waals surface area (Å²) >= 11 is 0. The van der Waals surface area contributed by atoms with Crippen LogP contribution >= 0.6 is 0 Å². The van der Waals surface area contributed by atoms with Crippen molar-refractivity contribution in [2.45, 2.75) is 0 Å². The summed E-state index contributed by atoms with van der Waals surface area (Å²) in [5.74, 6) is -2.12. The van der Waals surface area contributed by atoms with Crippen molar-refractivity contribution in [2.75, 3.05) is 0 Å². The Labute approximate surface area is 93.0 Å². The van der Waals surface area contributed by atoms with Crippen LogP contribution in [-0.4, -0.2) is 26.3 Å². The third-order valence-corrected chi connectivity index (χ3v) is 1.80. The van der Waals surface area contributed by atoms with Gasteiger partial charge in [0.05, 0.1) is 0 Å². The van der Waals surface area contributed by atoms with Crippen LogP contribution in [0.3, 0.4) is 0 Å². The van der Waals surface area contributed by atoms with Gasteiger partial charge < -0.3 is 9.84 Å². The molecule has 6 nitrogen and oxygen atoms in total. The first-order valence-electron chi connectivity index (χ1n) is 4.35. The van der Waals surface area contributed by atoms with E-state index in [1.165, 1.54) is 6.07 Å². The highest BCUT2D eigenvalue weighted by molar-refractivity contribution is 5.60. The fourth-order valence-corrected chi connectivity index (χ4v) is 1.17. The number of carboxylic acid groups (broad SMARTS) is 1. The second kappa shape index (κ2) is 4.16. The molecule has 1 aromatic carbocycles. The molecule has 0 amide bonds. The number of halogens is 2. The Morgan fingerprint density at radius 1 is 1.35 bits per heavy atom. The normalized spacial score (nSPS) is 10.2. The highest BCUT2D eigenvalue weighted by atomic mass is 19.1. The summed E-state index contributed by atoms with van der Waals surface area (Å²) in [5.41, 5.74) is -0.507. The molecule has 0 aliphatic rings. The summed E-state index contributed by atoms with van der Waals surface area (Å²) < 4.78 is 30.8. The van der Waals surface area contributed by atoms with E-state index in [2.05, 4.69) is 14.9 Å². The van der Waals surface area contributed by atoms with E-state index < -0.39 is 23.5 Å². The van der Waals surface area contributed by atoms with Crippen molar-refractivity contribution in [1.29, 1.82) is 0 Å². The van der Waals surface area contributed by atoms with Crippen LogP contribution in [0.1, 0.15) is 0 Å². The summed E-state index contributed by atoms with van der Waals surface area (Å²) in [6.45, 7) is 0. The van der Waals surface area contributed by atoms with Crippen LogP contribution in [0.4, 0.5) is 13.6 Å². The van der Waals surface area contributed by atoms with Crippen molar-refractivity contribution < 1.29 is 23.4 Å². The second-order valence-corrected chi connectivity index (χ2v) is 2.91. The van der Waals surface area contributed by atoms with Crippen LogP contribution < -0.4 is 4.74 Å². The SMILES string of the molecule is O=C(O)Oc1cnn(-c2c(F)cccc2F)n1. The van der Waals surface area contributed by atoms with Crippen LogP contribution in [0, 0.1) is 11.6 Å². The minimum Gasteiger partial charge on any atom is -0.449 e. The van der Waals surface area contributed by atoms with Gasteiger partial charge in [-0.25, -0.2) is 13.6 Å². The van der Waals surface area contributed by atoms with Crippen LogP contribution in [0.5, 0.6) is 5.88 Å². The molecular formula is C9H5F2N3O3. The van der Waals surface area contributed by atoms with E-state index >= 15 is 0 Å². The molecule has 0 atom stereocenters. The lowest BCUT2D eigenvalue weighted by molar-refractivity contribution is 0.142.